The summed E-state index contributed by atoms with van der Waals surface area (Å²) in [6.45, 7) is 4.79. The number of ether oxygens (including phenoxy) is 4. The third-order valence-electron chi connectivity index (χ3n) is 5.48. The van der Waals surface area contributed by atoms with Crippen LogP contribution >= 0.6 is 11.8 Å². The van der Waals surface area contributed by atoms with Gasteiger partial charge < -0.3 is 29.2 Å². The summed E-state index contributed by atoms with van der Waals surface area (Å²) in [5.41, 5.74) is 2.64. The summed E-state index contributed by atoms with van der Waals surface area (Å²) in [5, 5.41) is 12.4. The van der Waals surface area contributed by atoms with Crippen LogP contribution in [0.4, 0.5) is 11.6 Å². The summed E-state index contributed by atoms with van der Waals surface area (Å²) in [4.78, 5) is 15.0. The normalized spacial score (nSPS) is 13.4. The minimum Gasteiger partial charge on any atom is -0.493 e. The van der Waals surface area contributed by atoms with Crippen molar-refractivity contribution >= 4 is 29.3 Å². The van der Waals surface area contributed by atoms with Gasteiger partial charge in [0.2, 0.25) is 17.6 Å². The predicted octanol–water partition coefficient (Wildman–Crippen LogP) is 3.17. The molecule has 0 spiro atoms. The summed E-state index contributed by atoms with van der Waals surface area (Å²) < 4.78 is 23.6. The minimum absolute atomic E-state index is 0.143. The lowest BCUT2D eigenvalue weighted by atomic mass is 10.2. The summed E-state index contributed by atoms with van der Waals surface area (Å²) in [5.74, 6) is 2.07. The van der Waals surface area contributed by atoms with E-state index in [1.165, 1.54) is 33.1 Å². The van der Waals surface area contributed by atoms with Gasteiger partial charge in [0.05, 0.1) is 46.0 Å². The van der Waals surface area contributed by atoms with Crippen LogP contribution in [0.3, 0.4) is 0 Å². The Morgan fingerprint density at radius 3 is 2.29 bits per heavy atom. The number of carbonyl (C=O) groups excluding carboxylic acids is 1. The van der Waals surface area contributed by atoms with Gasteiger partial charge in [-0.2, -0.15) is 0 Å². The largest absolute Gasteiger partial charge is 0.493 e. The van der Waals surface area contributed by atoms with Crippen LogP contribution in [0.25, 0.3) is 5.69 Å². The van der Waals surface area contributed by atoms with Gasteiger partial charge >= 0.3 is 0 Å². The second-order valence-corrected chi connectivity index (χ2v) is 8.75. The number of hydrogen-bond donors (Lipinski definition) is 1. The van der Waals surface area contributed by atoms with Crippen LogP contribution in [0.15, 0.2) is 41.6 Å². The molecule has 1 aliphatic heterocycles. The maximum Gasteiger partial charge on any atom is 0.234 e. The highest BCUT2D eigenvalue weighted by atomic mass is 32.2. The molecule has 4 rings (SSSR count). The number of morpholine rings is 1. The number of amides is 1. The zero-order chi connectivity index (χ0) is 24.8. The van der Waals surface area contributed by atoms with Gasteiger partial charge in [0.15, 0.2) is 16.7 Å². The number of carbonyl (C=O) groups is 1. The molecule has 3 aromatic rings. The molecule has 0 atom stereocenters. The predicted molar refractivity (Wildman–Crippen MR) is 135 cm³/mol. The van der Waals surface area contributed by atoms with E-state index in [1.807, 2.05) is 35.8 Å². The Balaban J connectivity index is 1.53. The lowest BCUT2D eigenvalue weighted by molar-refractivity contribution is -0.113. The molecule has 11 heteroatoms. The molecule has 10 nitrogen and oxygen atoms in total. The van der Waals surface area contributed by atoms with E-state index in [1.54, 1.807) is 12.1 Å². The molecular weight excluding hydrogens is 470 g/mol. The smallest absolute Gasteiger partial charge is 0.234 e. The van der Waals surface area contributed by atoms with E-state index in [9.17, 15) is 4.79 Å². The number of nitrogens with zero attached hydrogens (tertiary/aromatic N) is 4. The molecule has 2 heterocycles. The third kappa shape index (κ3) is 5.63. The number of hydrogen-bond acceptors (Lipinski definition) is 9. The van der Waals surface area contributed by atoms with Gasteiger partial charge in [-0.25, -0.2) is 0 Å². The van der Waals surface area contributed by atoms with Crippen molar-refractivity contribution in [3.8, 4) is 22.9 Å². The van der Waals surface area contributed by atoms with Crippen molar-refractivity contribution in [1.29, 1.82) is 0 Å². The van der Waals surface area contributed by atoms with Crippen molar-refractivity contribution in [3.63, 3.8) is 0 Å². The lowest BCUT2D eigenvalue weighted by Crippen LogP contribution is -2.37. The minimum atomic E-state index is -0.198. The molecule has 1 aromatic heterocycles. The molecule has 1 amide bonds. The third-order valence-corrected chi connectivity index (χ3v) is 6.41. The van der Waals surface area contributed by atoms with E-state index in [4.69, 9.17) is 18.9 Å². The molecule has 1 fully saturated rings. The average Bonchev–Trinajstić information content (AvgIpc) is 3.31. The number of aryl methyl sites for hydroxylation is 1. The van der Waals surface area contributed by atoms with Gasteiger partial charge in [-0.3, -0.25) is 9.36 Å². The van der Waals surface area contributed by atoms with E-state index in [0.717, 1.165) is 30.3 Å². The number of nitrogens with one attached hydrogen (secondary N) is 1. The topological polar surface area (TPSA) is 100.0 Å². The van der Waals surface area contributed by atoms with Crippen LogP contribution in [0.2, 0.25) is 0 Å². The zero-order valence-electron chi connectivity index (χ0n) is 20.2. The Kier molecular flexibility index (Phi) is 7.98. The monoisotopic (exact) mass is 499 g/mol. The second kappa shape index (κ2) is 11.3. The lowest BCUT2D eigenvalue weighted by Gasteiger charge is -2.28. The molecular formula is C24H29N5O5S. The Morgan fingerprint density at radius 1 is 1.03 bits per heavy atom. The fraction of sp³-hybridized carbons (Fsp3) is 0.375. The van der Waals surface area contributed by atoms with E-state index in [2.05, 4.69) is 20.4 Å². The van der Waals surface area contributed by atoms with Crippen LogP contribution < -0.4 is 24.4 Å². The van der Waals surface area contributed by atoms with Gasteiger partial charge in [0.1, 0.15) is 0 Å². The average molecular weight is 500 g/mol. The molecule has 0 saturated carbocycles. The van der Waals surface area contributed by atoms with Crippen LogP contribution in [0.1, 0.15) is 5.56 Å². The highest BCUT2D eigenvalue weighted by Gasteiger charge is 2.22. The van der Waals surface area contributed by atoms with Crippen molar-refractivity contribution in [2.45, 2.75) is 12.1 Å². The van der Waals surface area contributed by atoms with E-state index in [-0.39, 0.29) is 11.7 Å². The number of aromatic nitrogens is 3. The Labute approximate surface area is 208 Å². The number of thioether (sulfide) groups is 1. The molecule has 1 N–H and O–H groups in total. The first kappa shape index (κ1) is 24.7. The Bertz CT molecular complexity index is 1140. The summed E-state index contributed by atoms with van der Waals surface area (Å²) in [6.07, 6.45) is 0. The van der Waals surface area contributed by atoms with Gasteiger partial charge in [0, 0.05) is 30.9 Å². The highest BCUT2D eigenvalue weighted by Crippen LogP contribution is 2.40. The van der Waals surface area contributed by atoms with Crippen molar-refractivity contribution in [2.75, 3.05) is 63.6 Å². The number of benzene rings is 2. The van der Waals surface area contributed by atoms with Crippen LogP contribution in [-0.4, -0.2) is 74.1 Å². The fourth-order valence-electron chi connectivity index (χ4n) is 3.72. The second-order valence-electron chi connectivity index (χ2n) is 7.80. The van der Waals surface area contributed by atoms with Gasteiger partial charge in [-0.15, -0.1) is 10.2 Å². The molecule has 0 aliphatic carbocycles. The number of methoxy groups -OCH3 is 3. The Hall–Kier alpha value is -3.44. The molecule has 0 bridgehead atoms. The molecule has 0 radical (unpaired) electrons. The van der Waals surface area contributed by atoms with Gasteiger partial charge in [0.25, 0.3) is 0 Å². The van der Waals surface area contributed by atoms with Crippen molar-refractivity contribution in [2.24, 2.45) is 0 Å². The van der Waals surface area contributed by atoms with Crippen LogP contribution in [0.5, 0.6) is 17.2 Å². The molecule has 0 unspecified atom stereocenters. The van der Waals surface area contributed by atoms with E-state index >= 15 is 0 Å². The van der Waals surface area contributed by atoms with Gasteiger partial charge in [-0.1, -0.05) is 29.5 Å². The quantitative estimate of drug-likeness (QED) is 0.445. The highest BCUT2D eigenvalue weighted by molar-refractivity contribution is 7.99. The van der Waals surface area contributed by atoms with Crippen molar-refractivity contribution < 1.29 is 23.7 Å². The fourth-order valence-corrected chi connectivity index (χ4v) is 4.47. The molecule has 2 aromatic carbocycles. The van der Waals surface area contributed by atoms with E-state index < -0.39 is 0 Å². The summed E-state index contributed by atoms with van der Waals surface area (Å²) in [6, 6.07) is 11.5. The molecule has 1 saturated heterocycles. The first-order valence-electron chi connectivity index (χ1n) is 11.1. The SMILES string of the molecule is COc1cc(NC(=O)CSc2nnc(N3CCOCC3)n2-c2ccc(C)cc2)cc(OC)c1OC. The van der Waals surface area contributed by atoms with Crippen LogP contribution in [0, 0.1) is 6.92 Å². The van der Waals surface area contributed by atoms with Crippen molar-refractivity contribution in [3.05, 3.63) is 42.0 Å². The van der Waals surface area contributed by atoms with E-state index in [0.29, 0.717) is 41.3 Å². The standard InChI is InChI=1S/C24H29N5O5S/c1-16-5-7-18(8-6-16)29-23(28-9-11-34-12-10-28)26-27-24(29)35-15-21(30)25-17-13-19(31-2)22(33-4)20(14-17)32-3/h5-8,13-14H,9-12,15H2,1-4H3,(H,25,30). The zero-order valence-corrected chi connectivity index (χ0v) is 21.1. The maximum absolute atomic E-state index is 12.8. The number of anilines is 2. The molecule has 1 aliphatic rings. The first-order valence-corrected chi connectivity index (χ1v) is 12.1. The molecule has 35 heavy (non-hydrogen) atoms. The first-order chi connectivity index (χ1) is 17.0. The van der Waals surface area contributed by atoms with Gasteiger partial charge in [-0.05, 0) is 19.1 Å². The molecule has 186 valence electrons. The maximum atomic E-state index is 12.8. The van der Waals surface area contributed by atoms with Crippen LogP contribution in [-0.2, 0) is 9.53 Å². The summed E-state index contributed by atoms with van der Waals surface area (Å²) in [7, 11) is 4.59. The number of rotatable bonds is 9. The summed E-state index contributed by atoms with van der Waals surface area (Å²) >= 11 is 1.32. The van der Waals surface area contributed by atoms with Crippen molar-refractivity contribution in [1.82, 2.24) is 14.8 Å². The Morgan fingerprint density at radius 2 is 1.69 bits per heavy atom.